The molecule has 3 aromatic carbocycles. The zero-order valence-corrected chi connectivity index (χ0v) is 26.3. The van der Waals surface area contributed by atoms with Gasteiger partial charge in [-0.05, 0) is 59.5 Å². The maximum absolute atomic E-state index is 13.7. The number of benzene rings is 3. The molecular weight excluding hydrogens is 609 g/mol. The van der Waals surface area contributed by atoms with Gasteiger partial charge >= 0.3 is 5.91 Å². The van der Waals surface area contributed by atoms with E-state index in [2.05, 4.69) is 39.4 Å². The molecule has 0 aliphatic carbocycles. The van der Waals surface area contributed by atoms with E-state index in [-0.39, 0.29) is 16.5 Å². The van der Waals surface area contributed by atoms with Gasteiger partial charge in [0.1, 0.15) is 5.76 Å². The summed E-state index contributed by atoms with van der Waals surface area (Å²) >= 11 is 2.73. The fourth-order valence-electron chi connectivity index (χ4n) is 5.22. The van der Waals surface area contributed by atoms with Crippen molar-refractivity contribution in [2.24, 2.45) is 0 Å². The normalized spacial score (nSPS) is 16.0. The van der Waals surface area contributed by atoms with Gasteiger partial charge in [-0.15, -0.1) is 10.2 Å². The molecule has 6 rings (SSSR count). The van der Waals surface area contributed by atoms with Crippen molar-refractivity contribution < 1.29 is 24.2 Å². The smallest absolute Gasteiger partial charge is 0.301 e. The topological polar surface area (TPSA) is 115 Å². The average molecular weight is 639 g/mol. The van der Waals surface area contributed by atoms with Gasteiger partial charge in [0.2, 0.25) is 5.13 Å². The summed E-state index contributed by atoms with van der Waals surface area (Å²) in [6, 6.07) is 21.8. The molecule has 228 valence electrons. The fraction of sp³-hybridized carbons (Fsp3) is 0.206. The molecule has 0 spiro atoms. The number of hydrogen-bond acceptors (Lipinski definition) is 10. The first-order valence-electron chi connectivity index (χ1n) is 14.5. The van der Waals surface area contributed by atoms with E-state index < -0.39 is 17.7 Å². The largest absolute Gasteiger partial charge is 0.507 e. The highest BCUT2D eigenvalue weighted by molar-refractivity contribution is 8.00. The van der Waals surface area contributed by atoms with E-state index in [1.807, 2.05) is 32.0 Å². The number of hydrogen-bond donors (Lipinski definition) is 1. The van der Waals surface area contributed by atoms with Crippen LogP contribution >= 0.6 is 23.1 Å². The van der Waals surface area contributed by atoms with E-state index in [1.54, 1.807) is 30.3 Å². The highest BCUT2D eigenvalue weighted by Gasteiger charge is 2.48. The lowest BCUT2D eigenvalue weighted by Gasteiger charge is -2.23. The number of Topliss-reactive ketones (excluding diaryl/α,β-unsaturated/α-hetero) is 1. The Kier molecular flexibility index (Phi) is 9.08. The minimum Gasteiger partial charge on any atom is -0.507 e. The van der Waals surface area contributed by atoms with E-state index in [9.17, 15) is 14.7 Å². The van der Waals surface area contributed by atoms with Crippen molar-refractivity contribution in [3.63, 3.8) is 0 Å². The molecule has 1 unspecified atom stereocenters. The van der Waals surface area contributed by atoms with E-state index >= 15 is 0 Å². The Morgan fingerprint density at radius 2 is 1.76 bits per heavy atom. The molecule has 0 radical (unpaired) electrons. The predicted molar refractivity (Wildman–Crippen MR) is 176 cm³/mol. The molecule has 45 heavy (non-hydrogen) atoms. The number of carbonyl (C=O) groups is 2. The molecule has 9 nitrogen and oxygen atoms in total. The minimum absolute atomic E-state index is 0.0592. The Morgan fingerprint density at radius 1 is 0.956 bits per heavy atom. The number of aromatic nitrogens is 3. The van der Waals surface area contributed by atoms with Crippen LogP contribution < -0.4 is 14.4 Å². The highest BCUT2D eigenvalue weighted by atomic mass is 32.2. The third kappa shape index (κ3) is 6.13. The van der Waals surface area contributed by atoms with Gasteiger partial charge in [-0.1, -0.05) is 78.6 Å². The van der Waals surface area contributed by atoms with Gasteiger partial charge in [0.25, 0.3) is 5.78 Å². The van der Waals surface area contributed by atoms with Crippen molar-refractivity contribution in [3.8, 4) is 11.5 Å². The SMILES string of the molecule is CCCOc1ccc(C2/C(=C(\O)c3ccncc3)C(=O)C(=O)N2c2nnc(SCc3cccc4ccccc34)s2)cc1OCC. The maximum Gasteiger partial charge on any atom is 0.301 e. The quantitative estimate of drug-likeness (QED) is 0.0528. The second-order valence-corrected chi connectivity index (χ2v) is 12.3. The van der Waals surface area contributed by atoms with Crippen LogP contribution in [-0.4, -0.2) is 45.2 Å². The van der Waals surface area contributed by atoms with Gasteiger partial charge < -0.3 is 14.6 Å². The maximum atomic E-state index is 13.7. The number of fused-ring (bicyclic) bond motifs is 1. The van der Waals surface area contributed by atoms with E-state index in [0.717, 1.165) is 22.8 Å². The first-order chi connectivity index (χ1) is 22.0. The van der Waals surface area contributed by atoms with Gasteiger partial charge in [-0.2, -0.15) is 0 Å². The van der Waals surface area contributed by atoms with Crippen LogP contribution in [0.3, 0.4) is 0 Å². The van der Waals surface area contributed by atoms with E-state index in [0.29, 0.717) is 45.9 Å². The van der Waals surface area contributed by atoms with Crippen LogP contribution in [0.5, 0.6) is 11.5 Å². The molecule has 0 bridgehead atoms. The number of ketones is 1. The molecule has 1 atom stereocenters. The lowest BCUT2D eigenvalue weighted by molar-refractivity contribution is -0.132. The molecule has 3 heterocycles. The van der Waals surface area contributed by atoms with Gasteiger partial charge in [0.05, 0.1) is 24.8 Å². The fourth-order valence-corrected chi connectivity index (χ4v) is 7.09. The molecule has 11 heteroatoms. The van der Waals surface area contributed by atoms with Crippen LogP contribution in [0.25, 0.3) is 16.5 Å². The molecular formula is C34H30N4O5S2. The monoisotopic (exact) mass is 638 g/mol. The van der Waals surface area contributed by atoms with Crippen molar-refractivity contribution >= 4 is 56.5 Å². The van der Waals surface area contributed by atoms with Crippen LogP contribution in [0.2, 0.25) is 0 Å². The summed E-state index contributed by atoms with van der Waals surface area (Å²) in [4.78, 5) is 32.6. The first-order valence-corrected chi connectivity index (χ1v) is 16.3. The second-order valence-electron chi connectivity index (χ2n) is 10.2. The third-order valence-corrected chi connectivity index (χ3v) is 9.38. The number of pyridine rings is 1. The van der Waals surface area contributed by atoms with Crippen LogP contribution in [-0.2, 0) is 15.3 Å². The second kappa shape index (κ2) is 13.5. The van der Waals surface area contributed by atoms with Gasteiger partial charge in [0.15, 0.2) is 15.8 Å². The van der Waals surface area contributed by atoms with Crippen molar-refractivity contribution in [2.75, 3.05) is 18.1 Å². The van der Waals surface area contributed by atoms with Crippen molar-refractivity contribution in [3.05, 3.63) is 107 Å². The molecule has 5 aromatic rings. The summed E-state index contributed by atoms with van der Waals surface area (Å²) in [5, 5.41) is 22.7. The molecule has 1 amide bonds. The lowest BCUT2D eigenvalue weighted by atomic mass is 9.95. The zero-order valence-electron chi connectivity index (χ0n) is 24.7. The number of amides is 1. The molecule has 1 fully saturated rings. The highest BCUT2D eigenvalue weighted by Crippen LogP contribution is 2.45. The number of carbonyl (C=O) groups excluding carboxylic acids is 2. The molecule has 1 saturated heterocycles. The molecule has 1 aliphatic heterocycles. The van der Waals surface area contributed by atoms with Crippen LogP contribution in [0.4, 0.5) is 5.13 Å². The summed E-state index contributed by atoms with van der Waals surface area (Å²) in [5.74, 6) is -0.252. The van der Waals surface area contributed by atoms with E-state index in [1.165, 1.54) is 40.4 Å². The summed E-state index contributed by atoms with van der Waals surface area (Å²) in [6.07, 6.45) is 3.84. The Bertz CT molecular complexity index is 1890. The third-order valence-electron chi connectivity index (χ3n) is 7.28. The molecule has 1 N–H and O–H groups in total. The molecule has 1 aliphatic rings. The number of aliphatic hydroxyl groups excluding tert-OH is 1. The number of ether oxygens (including phenoxy) is 2. The number of aliphatic hydroxyl groups is 1. The Hall–Kier alpha value is -4.74. The van der Waals surface area contributed by atoms with E-state index in [4.69, 9.17) is 9.47 Å². The number of nitrogens with zero attached hydrogens (tertiary/aromatic N) is 4. The number of rotatable bonds is 11. The number of thioether (sulfide) groups is 1. The van der Waals surface area contributed by atoms with Crippen molar-refractivity contribution in [1.82, 2.24) is 15.2 Å². The van der Waals surface area contributed by atoms with Crippen LogP contribution in [0, 0.1) is 0 Å². The Morgan fingerprint density at radius 3 is 2.56 bits per heavy atom. The number of anilines is 1. The van der Waals surface area contributed by atoms with Gasteiger partial charge in [-0.25, -0.2) is 0 Å². The summed E-state index contributed by atoms with van der Waals surface area (Å²) in [5.41, 5.74) is 2.01. The van der Waals surface area contributed by atoms with Gasteiger partial charge in [0, 0.05) is 23.7 Å². The average Bonchev–Trinajstić information content (AvgIpc) is 3.64. The predicted octanol–water partition coefficient (Wildman–Crippen LogP) is 7.19. The first kappa shape index (κ1) is 30.3. The zero-order chi connectivity index (χ0) is 31.3. The Labute approximate surface area is 268 Å². The molecule has 0 saturated carbocycles. The van der Waals surface area contributed by atoms with Crippen molar-refractivity contribution in [1.29, 1.82) is 0 Å². The summed E-state index contributed by atoms with van der Waals surface area (Å²) < 4.78 is 12.4. The molecule has 2 aromatic heterocycles. The lowest BCUT2D eigenvalue weighted by Crippen LogP contribution is -2.29. The summed E-state index contributed by atoms with van der Waals surface area (Å²) in [7, 11) is 0. The Balaban J connectivity index is 1.39. The van der Waals surface area contributed by atoms with Crippen LogP contribution in [0.1, 0.15) is 43.0 Å². The van der Waals surface area contributed by atoms with Crippen molar-refractivity contribution in [2.45, 2.75) is 36.4 Å². The minimum atomic E-state index is -0.985. The summed E-state index contributed by atoms with van der Waals surface area (Å²) in [6.45, 7) is 4.77. The van der Waals surface area contributed by atoms with Crippen LogP contribution in [0.15, 0.2) is 95.1 Å². The van der Waals surface area contributed by atoms with Gasteiger partial charge in [-0.3, -0.25) is 19.5 Å². The standard InChI is InChI=1S/C34H30N4O5S2/c1-3-18-43-26-13-12-23(19-27(26)42-4-2)29-28(30(39)22-14-16-35-17-15-22)31(40)32(41)38(29)33-36-37-34(45-33)44-20-24-10-7-9-21-8-5-6-11-25(21)24/h5-17,19,29,39H,3-4,18,20H2,1-2H3/b30-28+.